The van der Waals surface area contributed by atoms with E-state index in [1.807, 2.05) is 19.9 Å². The van der Waals surface area contributed by atoms with Crippen molar-refractivity contribution >= 4 is 28.5 Å². The van der Waals surface area contributed by atoms with Crippen molar-refractivity contribution < 1.29 is 14.7 Å². The van der Waals surface area contributed by atoms with Crippen molar-refractivity contribution in [2.45, 2.75) is 58.5 Å². The summed E-state index contributed by atoms with van der Waals surface area (Å²) in [7, 11) is 0. The first-order valence-electron chi connectivity index (χ1n) is 11.5. The Morgan fingerprint density at radius 2 is 2.03 bits per heavy atom. The number of nitrogens with zero attached hydrogens (tertiary/aromatic N) is 2. The number of carbonyl (C=O) groups is 2. The molecule has 0 saturated carbocycles. The molecular formula is C25H31N3O3. The zero-order valence-electron chi connectivity index (χ0n) is 18.5. The average molecular weight is 422 g/mol. The Labute approximate surface area is 182 Å². The fourth-order valence-electron chi connectivity index (χ4n) is 6.17. The number of aliphatic carboxylic acids is 1. The van der Waals surface area contributed by atoms with Crippen LogP contribution in [-0.2, 0) is 16.0 Å². The minimum atomic E-state index is -0.994. The van der Waals surface area contributed by atoms with Gasteiger partial charge in [-0.15, -0.1) is 0 Å². The van der Waals surface area contributed by atoms with Crippen LogP contribution in [-0.4, -0.2) is 45.6 Å². The maximum absolute atomic E-state index is 13.6. The fourth-order valence-corrected chi connectivity index (χ4v) is 6.17. The zero-order chi connectivity index (χ0) is 21.9. The monoisotopic (exact) mass is 421 g/mol. The molecular weight excluding hydrogens is 390 g/mol. The summed E-state index contributed by atoms with van der Waals surface area (Å²) in [5.41, 5.74) is 4.14. The lowest BCUT2D eigenvalue weighted by molar-refractivity contribution is -0.142. The minimum Gasteiger partial charge on any atom is -0.480 e. The Balaban J connectivity index is 1.72. The lowest BCUT2D eigenvalue weighted by Crippen LogP contribution is -2.52. The second-order valence-corrected chi connectivity index (χ2v) is 9.66. The summed E-state index contributed by atoms with van der Waals surface area (Å²) in [6.07, 6.45) is 6.28. The van der Waals surface area contributed by atoms with Gasteiger partial charge in [-0.25, -0.2) is 4.79 Å². The van der Waals surface area contributed by atoms with Gasteiger partial charge >= 0.3 is 5.97 Å². The summed E-state index contributed by atoms with van der Waals surface area (Å²) in [5.74, 6) is -1.48. The molecule has 1 saturated heterocycles. The highest BCUT2D eigenvalue weighted by Gasteiger charge is 2.51. The fraction of sp³-hybridized carbons (Fsp3) is 0.520. The van der Waals surface area contributed by atoms with Crippen molar-refractivity contribution in [1.82, 2.24) is 14.8 Å². The minimum absolute atomic E-state index is 0.0962. The molecule has 0 unspecified atom stereocenters. The van der Waals surface area contributed by atoms with Gasteiger partial charge < -0.3 is 15.0 Å². The number of hydrogen-bond donors (Lipinski definition) is 2. The van der Waals surface area contributed by atoms with Crippen LogP contribution in [0.4, 0.5) is 0 Å². The maximum atomic E-state index is 13.6. The van der Waals surface area contributed by atoms with Crippen LogP contribution in [0.1, 0.15) is 57.3 Å². The molecule has 4 heterocycles. The average Bonchev–Trinajstić information content (AvgIpc) is 3.10. The summed E-state index contributed by atoms with van der Waals surface area (Å²) >= 11 is 0. The Bertz CT molecular complexity index is 1100. The molecule has 3 aliphatic heterocycles. The van der Waals surface area contributed by atoms with Crippen LogP contribution >= 0.6 is 0 Å². The van der Waals surface area contributed by atoms with Crippen LogP contribution in [0, 0.1) is 11.3 Å². The lowest BCUT2D eigenvalue weighted by Gasteiger charge is -2.53. The van der Waals surface area contributed by atoms with E-state index >= 15 is 0 Å². The number of nitrogens with one attached hydrogen (secondary N) is 1. The summed E-state index contributed by atoms with van der Waals surface area (Å²) in [6, 6.07) is 7.68. The highest BCUT2D eigenvalue weighted by Crippen LogP contribution is 2.56. The zero-order valence-corrected chi connectivity index (χ0v) is 18.5. The van der Waals surface area contributed by atoms with Gasteiger partial charge in [0.05, 0.1) is 11.6 Å². The van der Waals surface area contributed by atoms with Gasteiger partial charge in [-0.05, 0) is 55.9 Å². The van der Waals surface area contributed by atoms with E-state index in [9.17, 15) is 14.7 Å². The molecule has 1 aromatic heterocycles. The maximum Gasteiger partial charge on any atom is 0.326 e. The number of amides is 1. The third-order valence-corrected chi connectivity index (χ3v) is 7.70. The van der Waals surface area contributed by atoms with Gasteiger partial charge in [0.15, 0.2) is 0 Å². The standard InChI is InChI=1S/C25H31N3O3/c1-4-25-11-7-12-27-13-10-17-16-8-5-6-9-18(16)28(21(17)22(25)27)19(14-25)23(29)26-20(15(2)3)24(30)31/h5-6,8-9,14-15,20,22H,4,7,10-13H2,1-3H3,(H,26,29)(H,30,31)/t20-,22+,25-/m0/s1. The molecule has 0 bridgehead atoms. The SMILES string of the molecule is CC[C@@]12C=C(C(=O)N[C@H](C(=O)O)C(C)C)n3c4c(c5ccccc53)CCN(CCC1)[C@H]42. The molecule has 0 aliphatic carbocycles. The number of hydrogen-bond acceptors (Lipinski definition) is 3. The third kappa shape index (κ3) is 2.88. The second-order valence-electron chi connectivity index (χ2n) is 9.66. The van der Waals surface area contributed by atoms with Gasteiger partial charge in [0.1, 0.15) is 11.7 Å². The van der Waals surface area contributed by atoms with Crippen LogP contribution in [0.15, 0.2) is 30.3 Å². The van der Waals surface area contributed by atoms with Crippen molar-refractivity contribution in [2.75, 3.05) is 13.1 Å². The van der Waals surface area contributed by atoms with Gasteiger partial charge in [0, 0.05) is 23.0 Å². The molecule has 6 nitrogen and oxygen atoms in total. The largest absolute Gasteiger partial charge is 0.480 e. The van der Waals surface area contributed by atoms with E-state index in [1.54, 1.807) is 0 Å². The number of para-hydroxylation sites is 1. The van der Waals surface area contributed by atoms with Crippen molar-refractivity contribution in [1.29, 1.82) is 0 Å². The second kappa shape index (κ2) is 7.23. The molecule has 6 heteroatoms. The number of benzene rings is 1. The molecule has 0 radical (unpaired) electrons. The number of carboxylic acid groups (broad SMARTS) is 1. The van der Waals surface area contributed by atoms with E-state index in [1.165, 1.54) is 16.6 Å². The topological polar surface area (TPSA) is 74.6 Å². The Kier molecular flexibility index (Phi) is 4.74. The van der Waals surface area contributed by atoms with E-state index in [0.29, 0.717) is 5.70 Å². The van der Waals surface area contributed by atoms with Crippen molar-refractivity contribution in [3.8, 4) is 0 Å². The van der Waals surface area contributed by atoms with Gasteiger partial charge in [0.25, 0.3) is 5.91 Å². The molecule has 3 aliphatic rings. The molecule has 2 aromatic rings. The Morgan fingerprint density at radius 1 is 1.26 bits per heavy atom. The van der Waals surface area contributed by atoms with Crippen molar-refractivity contribution in [3.63, 3.8) is 0 Å². The summed E-state index contributed by atoms with van der Waals surface area (Å²) in [5, 5.41) is 13.7. The van der Waals surface area contributed by atoms with Crippen LogP contribution in [0.2, 0.25) is 0 Å². The Hall–Kier alpha value is -2.60. The molecule has 1 amide bonds. The van der Waals surface area contributed by atoms with Crippen LogP contribution in [0.3, 0.4) is 0 Å². The van der Waals surface area contributed by atoms with Crippen LogP contribution in [0.5, 0.6) is 0 Å². The number of carbonyl (C=O) groups excluding carboxylic acids is 1. The van der Waals surface area contributed by atoms with E-state index in [0.717, 1.165) is 44.3 Å². The smallest absolute Gasteiger partial charge is 0.326 e. The number of fused-ring (bicyclic) bond motifs is 3. The van der Waals surface area contributed by atoms with Gasteiger partial charge in [0.2, 0.25) is 0 Å². The molecule has 5 rings (SSSR count). The van der Waals surface area contributed by atoms with Crippen molar-refractivity contribution in [3.05, 3.63) is 41.6 Å². The van der Waals surface area contributed by atoms with E-state index < -0.39 is 12.0 Å². The van der Waals surface area contributed by atoms with E-state index in [-0.39, 0.29) is 23.3 Å². The summed E-state index contributed by atoms with van der Waals surface area (Å²) < 4.78 is 2.13. The van der Waals surface area contributed by atoms with E-state index in [2.05, 4.69) is 46.0 Å². The molecule has 164 valence electrons. The number of carboxylic acids is 1. The normalized spacial score (nSPS) is 25.8. The summed E-state index contributed by atoms with van der Waals surface area (Å²) in [6.45, 7) is 8.01. The predicted molar refractivity (Wildman–Crippen MR) is 121 cm³/mol. The predicted octanol–water partition coefficient (Wildman–Crippen LogP) is 3.81. The highest BCUT2D eigenvalue weighted by atomic mass is 16.4. The Morgan fingerprint density at radius 3 is 2.74 bits per heavy atom. The lowest BCUT2D eigenvalue weighted by atomic mass is 9.66. The first kappa shape index (κ1) is 20.3. The molecule has 0 spiro atoms. The highest BCUT2D eigenvalue weighted by molar-refractivity contribution is 6.17. The van der Waals surface area contributed by atoms with Gasteiger partial charge in [-0.1, -0.05) is 39.0 Å². The summed E-state index contributed by atoms with van der Waals surface area (Å²) in [4.78, 5) is 28.0. The number of rotatable bonds is 5. The quantitative estimate of drug-likeness (QED) is 0.770. The van der Waals surface area contributed by atoms with Gasteiger partial charge in [-0.2, -0.15) is 0 Å². The first-order chi connectivity index (χ1) is 14.9. The van der Waals surface area contributed by atoms with E-state index in [4.69, 9.17) is 0 Å². The van der Waals surface area contributed by atoms with Crippen LogP contribution in [0.25, 0.3) is 16.6 Å². The molecule has 1 fully saturated rings. The molecule has 31 heavy (non-hydrogen) atoms. The third-order valence-electron chi connectivity index (χ3n) is 7.70. The molecule has 3 atom stereocenters. The molecule has 1 aromatic carbocycles. The van der Waals surface area contributed by atoms with Crippen LogP contribution < -0.4 is 5.32 Å². The molecule has 2 N–H and O–H groups in total. The van der Waals surface area contributed by atoms with Crippen molar-refractivity contribution in [2.24, 2.45) is 11.3 Å². The first-order valence-corrected chi connectivity index (χ1v) is 11.5. The number of aromatic nitrogens is 1. The number of piperidine rings is 1. The van der Waals surface area contributed by atoms with Gasteiger partial charge in [-0.3, -0.25) is 9.69 Å².